The smallest absolute Gasteiger partial charge is 0.124 e. The molecule has 134 valence electrons. The number of benzene rings is 1. The number of nitrogens with one attached hydrogen (secondary N) is 2. The number of fused-ring (bicyclic) bond motifs is 1. The van der Waals surface area contributed by atoms with E-state index in [0.29, 0.717) is 12.0 Å². The predicted molar refractivity (Wildman–Crippen MR) is 102 cm³/mol. The van der Waals surface area contributed by atoms with Crippen molar-refractivity contribution in [1.82, 2.24) is 20.0 Å². The number of anilines is 1. The highest BCUT2D eigenvalue weighted by Crippen LogP contribution is 2.25. The first-order valence-corrected chi connectivity index (χ1v) is 9.56. The molecule has 2 aliphatic rings. The third-order valence-corrected chi connectivity index (χ3v) is 5.53. The zero-order valence-corrected chi connectivity index (χ0v) is 15.1. The molecule has 0 amide bonds. The molecule has 25 heavy (non-hydrogen) atoms. The fourth-order valence-electron chi connectivity index (χ4n) is 4.05. The number of likely N-dealkylation sites (tertiary alicyclic amines) is 1. The summed E-state index contributed by atoms with van der Waals surface area (Å²) >= 11 is 0. The van der Waals surface area contributed by atoms with Gasteiger partial charge in [-0.2, -0.15) is 5.10 Å². The lowest BCUT2D eigenvalue weighted by Crippen LogP contribution is -2.39. The average Bonchev–Trinajstić information content (AvgIpc) is 3.31. The molecule has 4 rings (SSSR count). The Hall–Kier alpha value is -1.85. The second-order valence-corrected chi connectivity index (χ2v) is 7.47. The normalized spacial score (nSPS) is 21.7. The lowest BCUT2D eigenvalue weighted by Gasteiger charge is -2.30. The van der Waals surface area contributed by atoms with E-state index >= 15 is 0 Å². The lowest BCUT2D eigenvalue weighted by atomic mass is 10.0. The largest absolute Gasteiger partial charge is 0.370 e. The molecule has 0 spiro atoms. The predicted octanol–water partition coefficient (Wildman–Crippen LogP) is 2.66. The van der Waals surface area contributed by atoms with E-state index in [0.717, 1.165) is 32.0 Å². The van der Waals surface area contributed by atoms with Gasteiger partial charge in [0.05, 0.1) is 6.20 Å². The van der Waals surface area contributed by atoms with E-state index in [1.54, 1.807) is 0 Å². The standard InChI is InChI=1S/C20H29N5/c1-16-4-6-18(7-5-16)19(24-10-2-3-11-24)14-21-12-17-13-22-20-8-9-23-25(20)15-17/h4-9,17,19,21-22H,2-3,10-15H2,1H3/t17-,19-/m0/s1. The van der Waals surface area contributed by atoms with Crippen molar-refractivity contribution in [1.29, 1.82) is 0 Å². The monoisotopic (exact) mass is 339 g/mol. The van der Waals surface area contributed by atoms with Crippen molar-refractivity contribution in [2.24, 2.45) is 5.92 Å². The van der Waals surface area contributed by atoms with Crippen LogP contribution in [-0.2, 0) is 6.54 Å². The summed E-state index contributed by atoms with van der Waals surface area (Å²) in [6.45, 7) is 8.68. The first-order valence-electron chi connectivity index (χ1n) is 9.56. The molecule has 3 heterocycles. The molecule has 2 aromatic rings. The molecule has 1 fully saturated rings. The summed E-state index contributed by atoms with van der Waals surface area (Å²) in [7, 11) is 0. The minimum atomic E-state index is 0.486. The fourth-order valence-corrected chi connectivity index (χ4v) is 4.05. The second kappa shape index (κ2) is 7.58. The highest BCUT2D eigenvalue weighted by molar-refractivity contribution is 5.35. The van der Waals surface area contributed by atoms with Crippen LogP contribution in [0.4, 0.5) is 5.82 Å². The van der Waals surface area contributed by atoms with Gasteiger partial charge in [-0.05, 0) is 38.4 Å². The maximum Gasteiger partial charge on any atom is 0.124 e. The molecule has 2 atom stereocenters. The van der Waals surface area contributed by atoms with Gasteiger partial charge in [-0.25, -0.2) is 4.68 Å². The van der Waals surface area contributed by atoms with E-state index in [4.69, 9.17) is 0 Å². The number of aryl methyl sites for hydroxylation is 1. The minimum Gasteiger partial charge on any atom is -0.370 e. The Labute approximate surface area is 150 Å². The fraction of sp³-hybridized carbons (Fsp3) is 0.550. The van der Waals surface area contributed by atoms with Crippen LogP contribution in [0, 0.1) is 12.8 Å². The Bertz CT molecular complexity index is 672. The maximum atomic E-state index is 4.39. The molecule has 1 aromatic heterocycles. The van der Waals surface area contributed by atoms with Gasteiger partial charge in [-0.3, -0.25) is 4.90 Å². The number of hydrogen-bond donors (Lipinski definition) is 2. The van der Waals surface area contributed by atoms with E-state index in [2.05, 4.69) is 56.5 Å². The lowest BCUT2D eigenvalue weighted by molar-refractivity contribution is 0.234. The summed E-state index contributed by atoms with van der Waals surface area (Å²) < 4.78 is 2.08. The van der Waals surface area contributed by atoms with Gasteiger partial charge in [0.1, 0.15) is 5.82 Å². The van der Waals surface area contributed by atoms with E-state index in [1.165, 1.54) is 37.1 Å². The Kier molecular flexibility index (Phi) is 5.04. The van der Waals surface area contributed by atoms with Gasteiger partial charge >= 0.3 is 0 Å². The minimum absolute atomic E-state index is 0.486. The highest BCUT2D eigenvalue weighted by Gasteiger charge is 2.24. The van der Waals surface area contributed by atoms with Crippen molar-refractivity contribution in [3.05, 3.63) is 47.7 Å². The van der Waals surface area contributed by atoms with Crippen molar-refractivity contribution in [3.8, 4) is 0 Å². The molecule has 0 bridgehead atoms. The van der Waals surface area contributed by atoms with Crippen LogP contribution in [0.1, 0.15) is 30.0 Å². The molecular formula is C20H29N5. The van der Waals surface area contributed by atoms with E-state index in [-0.39, 0.29) is 0 Å². The van der Waals surface area contributed by atoms with Gasteiger partial charge in [0, 0.05) is 44.2 Å². The SMILES string of the molecule is Cc1ccc([C@H](CNC[C@H]2CNc3ccnn3C2)N2CCCC2)cc1. The summed E-state index contributed by atoms with van der Waals surface area (Å²) in [6, 6.07) is 11.6. The Morgan fingerprint density at radius 3 is 2.80 bits per heavy atom. The van der Waals surface area contributed by atoms with Crippen LogP contribution in [0.15, 0.2) is 36.5 Å². The summed E-state index contributed by atoms with van der Waals surface area (Å²) in [6.07, 6.45) is 4.53. The van der Waals surface area contributed by atoms with Crippen LogP contribution in [0.2, 0.25) is 0 Å². The zero-order valence-electron chi connectivity index (χ0n) is 15.1. The topological polar surface area (TPSA) is 45.1 Å². The van der Waals surface area contributed by atoms with Crippen molar-refractivity contribution >= 4 is 5.82 Å². The van der Waals surface area contributed by atoms with Crippen LogP contribution < -0.4 is 10.6 Å². The van der Waals surface area contributed by atoms with Gasteiger partial charge in [0.25, 0.3) is 0 Å². The van der Waals surface area contributed by atoms with Crippen LogP contribution in [0.3, 0.4) is 0 Å². The summed E-state index contributed by atoms with van der Waals surface area (Å²) in [4.78, 5) is 2.64. The molecule has 2 aliphatic heterocycles. The molecule has 0 unspecified atom stereocenters. The van der Waals surface area contributed by atoms with Crippen molar-refractivity contribution < 1.29 is 0 Å². The maximum absolute atomic E-state index is 4.39. The molecule has 1 saturated heterocycles. The van der Waals surface area contributed by atoms with Gasteiger partial charge < -0.3 is 10.6 Å². The van der Waals surface area contributed by atoms with Crippen molar-refractivity contribution in [2.75, 3.05) is 38.0 Å². The molecule has 0 saturated carbocycles. The Balaban J connectivity index is 1.35. The molecule has 5 heteroatoms. The van der Waals surface area contributed by atoms with E-state index in [9.17, 15) is 0 Å². The summed E-state index contributed by atoms with van der Waals surface area (Å²) in [5.74, 6) is 1.73. The first kappa shape index (κ1) is 16.6. The molecule has 5 nitrogen and oxygen atoms in total. The molecule has 0 aliphatic carbocycles. The van der Waals surface area contributed by atoms with E-state index < -0.39 is 0 Å². The van der Waals surface area contributed by atoms with Crippen molar-refractivity contribution in [2.45, 2.75) is 32.4 Å². The molecule has 1 aromatic carbocycles. The number of nitrogens with zero attached hydrogens (tertiary/aromatic N) is 3. The van der Waals surface area contributed by atoms with Crippen LogP contribution in [-0.4, -0.2) is 47.4 Å². The number of rotatable bonds is 6. The van der Waals surface area contributed by atoms with Crippen LogP contribution in [0.5, 0.6) is 0 Å². The van der Waals surface area contributed by atoms with Gasteiger partial charge in [-0.1, -0.05) is 29.8 Å². The summed E-state index contributed by atoms with van der Waals surface area (Å²) in [5.41, 5.74) is 2.77. The van der Waals surface area contributed by atoms with Crippen LogP contribution >= 0.6 is 0 Å². The van der Waals surface area contributed by atoms with Crippen LogP contribution in [0.25, 0.3) is 0 Å². The average molecular weight is 339 g/mol. The molecule has 2 N–H and O–H groups in total. The summed E-state index contributed by atoms with van der Waals surface area (Å²) in [5, 5.41) is 11.6. The zero-order chi connectivity index (χ0) is 17.1. The van der Waals surface area contributed by atoms with Gasteiger partial charge in [0.2, 0.25) is 0 Å². The number of aromatic nitrogens is 2. The molecular weight excluding hydrogens is 310 g/mol. The first-order chi connectivity index (χ1) is 12.3. The second-order valence-electron chi connectivity index (χ2n) is 7.47. The highest BCUT2D eigenvalue weighted by atomic mass is 15.3. The molecule has 0 radical (unpaired) electrons. The van der Waals surface area contributed by atoms with Gasteiger partial charge in [-0.15, -0.1) is 0 Å². The number of hydrogen-bond acceptors (Lipinski definition) is 4. The van der Waals surface area contributed by atoms with Gasteiger partial charge in [0.15, 0.2) is 0 Å². The van der Waals surface area contributed by atoms with E-state index in [1.807, 2.05) is 12.3 Å². The third-order valence-electron chi connectivity index (χ3n) is 5.53. The Morgan fingerprint density at radius 1 is 1.20 bits per heavy atom. The Morgan fingerprint density at radius 2 is 2.00 bits per heavy atom. The quantitative estimate of drug-likeness (QED) is 0.849. The third kappa shape index (κ3) is 3.88. The van der Waals surface area contributed by atoms with Crippen molar-refractivity contribution in [3.63, 3.8) is 0 Å².